The van der Waals surface area contributed by atoms with Crippen molar-refractivity contribution in [2.24, 2.45) is 0 Å². The van der Waals surface area contributed by atoms with E-state index in [9.17, 15) is 9.18 Å². The van der Waals surface area contributed by atoms with Crippen molar-refractivity contribution < 1.29 is 13.9 Å². The molecule has 0 aliphatic carbocycles. The Hall–Kier alpha value is -1.68. The van der Waals surface area contributed by atoms with Crippen LogP contribution in [0.2, 0.25) is 0 Å². The average Bonchev–Trinajstić information content (AvgIpc) is 2.40. The summed E-state index contributed by atoms with van der Waals surface area (Å²) in [5, 5.41) is 0. The van der Waals surface area contributed by atoms with Crippen molar-refractivity contribution in [2.75, 3.05) is 26.3 Å². The molecule has 1 aromatic carbocycles. The van der Waals surface area contributed by atoms with Crippen molar-refractivity contribution in [3.05, 3.63) is 41.7 Å². The highest BCUT2D eigenvalue weighted by molar-refractivity contribution is 5.95. The second kappa shape index (κ2) is 5.59. The van der Waals surface area contributed by atoms with Crippen molar-refractivity contribution in [1.82, 2.24) is 4.90 Å². The largest absolute Gasteiger partial charge is 0.378 e. The van der Waals surface area contributed by atoms with Gasteiger partial charge in [-0.05, 0) is 11.6 Å². The topological polar surface area (TPSA) is 29.5 Å². The lowest BCUT2D eigenvalue weighted by Crippen LogP contribution is -2.40. The number of ether oxygens (including phenoxy) is 1. The Kier molecular flexibility index (Phi) is 3.88. The first-order valence-electron chi connectivity index (χ1n) is 5.56. The predicted molar refractivity (Wildman–Crippen MR) is 62.9 cm³/mol. The van der Waals surface area contributed by atoms with E-state index >= 15 is 0 Å². The third-order valence-electron chi connectivity index (χ3n) is 2.60. The minimum atomic E-state index is -0.724. The molecule has 1 aliphatic rings. The molecule has 1 amide bonds. The van der Waals surface area contributed by atoms with E-state index in [1.165, 1.54) is 11.0 Å². The van der Waals surface area contributed by atoms with Gasteiger partial charge in [-0.15, -0.1) is 0 Å². The SMILES string of the molecule is O=C(/C(F)=C/c1ccccc1)N1CCOCC1. The molecule has 90 valence electrons. The molecule has 1 fully saturated rings. The van der Waals surface area contributed by atoms with Gasteiger partial charge in [-0.25, -0.2) is 4.39 Å². The lowest BCUT2D eigenvalue weighted by molar-refractivity contribution is -0.132. The fraction of sp³-hybridized carbons (Fsp3) is 0.308. The minimum absolute atomic E-state index is 0.453. The summed E-state index contributed by atoms with van der Waals surface area (Å²) >= 11 is 0. The molecule has 0 unspecified atom stereocenters. The van der Waals surface area contributed by atoms with Gasteiger partial charge in [-0.2, -0.15) is 0 Å². The van der Waals surface area contributed by atoms with Crippen LogP contribution in [0.25, 0.3) is 6.08 Å². The van der Waals surface area contributed by atoms with Crippen LogP contribution in [-0.4, -0.2) is 37.1 Å². The van der Waals surface area contributed by atoms with Crippen LogP contribution in [0.4, 0.5) is 4.39 Å². The van der Waals surface area contributed by atoms with Crippen LogP contribution < -0.4 is 0 Å². The van der Waals surface area contributed by atoms with E-state index in [1.807, 2.05) is 6.07 Å². The molecule has 0 aromatic heterocycles. The van der Waals surface area contributed by atoms with Gasteiger partial charge >= 0.3 is 0 Å². The number of carbonyl (C=O) groups excluding carboxylic acids is 1. The zero-order chi connectivity index (χ0) is 12.1. The van der Waals surface area contributed by atoms with Crippen LogP contribution in [0, 0.1) is 0 Å². The molecule has 0 radical (unpaired) electrons. The number of hydrogen-bond acceptors (Lipinski definition) is 2. The second-order valence-corrected chi connectivity index (χ2v) is 3.81. The number of halogens is 1. The molecule has 1 aliphatic heterocycles. The van der Waals surface area contributed by atoms with Gasteiger partial charge in [0.25, 0.3) is 5.91 Å². The minimum Gasteiger partial charge on any atom is -0.378 e. The molecule has 2 rings (SSSR count). The highest BCUT2D eigenvalue weighted by Gasteiger charge is 2.20. The summed E-state index contributed by atoms with van der Waals surface area (Å²) in [6.45, 7) is 1.86. The van der Waals surface area contributed by atoms with Crippen molar-refractivity contribution in [1.29, 1.82) is 0 Å². The Morgan fingerprint density at radius 3 is 2.53 bits per heavy atom. The first-order valence-corrected chi connectivity index (χ1v) is 5.56. The fourth-order valence-corrected chi connectivity index (χ4v) is 1.67. The predicted octanol–water partition coefficient (Wildman–Crippen LogP) is 1.86. The Morgan fingerprint density at radius 1 is 1.24 bits per heavy atom. The number of carbonyl (C=O) groups is 1. The number of hydrogen-bond donors (Lipinski definition) is 0. The fourth-order valence-electron chi connectivity index (χ4n) is 1.67. The van der Waals surface area contributed by atoms with Gasteiger partial charge < -0.3 is 9.64 Å². The average molecular weight is 235 g/mol. The molecule has 0 saturated carbocycles. The summed E-state index contributed by atoms with van der Waals surface area (Å²) < 4.78 is 18.8. The van der Waals surface area contributed by atoms with Crippen LogP contribution in [0.3, 0.4) is 0 Å². The van der Waals surface area contributed by atoms with Gasteiger partial charge in [0.05, 0.1) is 13.2 Å². The van der Waals surface area contributed by atoms with E-state index in [2.05, 4.69) is 0 Å². The molecule has 0 spiro atoms. The van der Waals surface area contributed by atoms with E-state index in [0.717, 1.165) is 0 Å². The monoisotopic (exact) mass is 235 g/mol. The van der Waals surface area contributed by atoms with Gasteiger partial charge in [0.1, 0.15) is 0 Å². The molecule has 3 nitrogen and oxygen atoms in total. The van der Waals surface area contributed by atoms with Gasteiger partial charge in [0.2, 0.25) is 0 Å². The number of morpholine rings is 1. The summed E-state index contributed by atoms with van der Waals surface area (Å²) in [7, 11) is 0. The van der Waals surface area contributed by atoms with Crippen LogP contribution in [0.1, 0.15) is 5.56 Å². The molecule has 0 N–H and O–H groups in total. The van der Waals surface area contributed by atoms with Crippen molar-refractivity contribution in [3.8, 4) is 0 Å². The maximum absolute atomic E-state index is 13.7. The van der Waals surface area contributed by atoms with Gasteiger partial charge in [0.15, 0.2) is 5.83 Å². The first-order chi connectivity index (χ1) is 8.27. The Morgan fingerprint density at radius 2 is 1.88 bits per heavy atom. The third-order valence-corrected chi connectivity index (χ3v) is 2.60. The summed E-state index contributed by atoms with van der Waals surface area (Å²) in [6, 6.07) is 8.97. The van der Waals surface area contributed by atoms with E-state index in [-0.39, 0.29) is 0 Å². The van der Waals surface area contributed by atoms with E-state index in [0.29, 0.717) is 31.9 Å². The van der Waals surface area contributed by atoms with E-state index < -0.39 is 11.7 Å². The van der Waals surface area contributed by atoms with Crippen molar-refractivity contribution in [3.63, 3.8) is 0 Å². The number of amides is 1. The maximum Gasteiger partial charge on any atom is 0.282 e. The summed E-state index contributed by atoms with van der Waals surface area (Å²) in [5.74, 6) is -1.28. The van der Waals surface area contributed by atoms with Gasteiger partial charge in [0, 0.05) is 13.1 Å². The molecular formula is C13H14FNO2. The Labute approximate surface area is 99.5 Å². The smallest absolute Gasteiger partial charge is 0.282 e. The number of rotatable bonds is 2. The van der Waals surface area contributed by atoms with Gasteiger partial charge in [-0.1, -0.05) is 30.3 Å². The lowest BCUT2D eigenvalue weighted by atomic mass is 10.2. The molecule has 17 heavy (non-hydrogen) atoms. The van der Waals surface area contributed by atoms with Crippen LogP contribution in [0.15, 0.2) is 36.2 Å². The summed E-state index contributed by atoms with van der Waals surface area (Å²) in [4.78, 5) is 13.2. The third kappa shape index (κ3) is 3.14. The Balaban J connectivity index is 2.06. The van der Waals surface area contributed by atoms with Gasteiger partial charge in [-0.3, -0.25) is 4.79 Å². The normalized spacial score (nSPS) is 17.0. The number of nitrogens with zero attached hydrogens (tertiary/aromatic N) is 1. The lowest BCUT2D eigenvalue weighted by Gasteiger charge is -2.26. The van der Waals surface area contributed by atoms with Crippen molar-refractivity contribution >= 4 is 12.0 Å². The molecule has 1 saturated heterocycles. The Bertz CT molecular complexity index is 411. The van der Waals surface area contributed by atoms with Crippen LogP contribution in [-0.2, 0) is 9.53 Å². The first kappa shape index (κ1) is 11.8. The zero-order valence-corrected chi connectivity index (χ0v) is 9.43. The van der Waals surface area contributed by atoms with Crippen LogP contribution >= 0.6 is 0 Å². The van der Waals surface area contributed by atoms with Crippen molar-refractivity contribution in [2.45, 2.75) is 0 Å². The number of benzene rings is 1. The highest BCUT2D eigenvalue weighted by Crippen LogP contribution is 2.11. The van der Waals surface area contributed by atoms with Crippen LogP contribution in [0.5, 0.6) is 0 Å². The van der Waals surface area contributed by atoms with E-state index in [1.54, 1.807) is 24.3 Å². The zero-order valence-electron chi connectivity index (χ0n) is 9.43. The molecule has 0 bridgehead atoms. The summed E-state index contributed by atoms with van der Waals surface area (Å²) in [5.41, 5.74) is 0.687. The summed E-state index contributed by atoms with van der Waals surface area (Å²) in [6.07, 6.45) is 1.26. The molecule has 4 heteroatoms. The van der Waals surface area contributed by atoms with E-state index in [4.69, 9.17) is 4.74 Å². The molecule has 1 heterocycles. The highest BCUT2D eigenvalue weighted by atomic mass is 19.1. The molecule has 0 atom stereocenters. The quantitative estimate of drug-likeness (QED) is 0.732. The maximum atomic E-state index is 13.7. The molecule has 1 aromatic rings. The second-order valence-electron chi connectivity index (χ2n) is 3.81. The standard InChI is InChI=1S/C13H14FNO2/c14-12(10-11-4-2-1-3-5-11)13(16)15-6-8-17-9-7-15/h1-5,10H,6-9H2/b12-10-. The molecular weight excluding hydrogens is 221 g/mol.